The summed E-state index contributed by atoms with van der Waals surface area (Å²) >= 11 is 11.8. The number of aliphatic hydroxyl groups excluding tert-OH is 1. The van der Waals surface area contributed by atoms with Gasteiger partial charge >= 0.3 is 0 Å². The van der Waals surface area contributed by atoms with Crippen molar-refractivity contribution >= 4 is 23.2 Å². The first kappa shape index (κ1) is 13.9. The maximum absolute atomic E-state index is 9.79. The number of hydrogen-bond donors (Lipinski definition) is 2. The Bertz CT molecular complexity index is 421. The van der Waals surface area contributed by atoms with E-state index in [4.69, 9.17) is 27.9 Å². The molecule has 1 aromatic carbocycles. The molecule has 5 heteroatoms. The zero-order valence-electron chi connectivity index (χ0n) is 10.2. The Morgan fingerprint density at radius 2 is 2.17 bits per heavy atom. The first-order valence-corrected chi connectivity index (χ1v) is 6.75. The van der Waals surface area contributed by atoms with E-state index in [1.165, 1.54) is 12.8 Å². The quantitative estimate of drug-likeness (QED) is 0.846. The van der Waals surface area contributed by atoms with Crippen LogP contribution in [0.15, 0.2) is 18.2 Å². The zero-order valence-corrected chi connectivity index (χ0v) is 11.8. The predicted octanol–water partition coefficient (Wildman–Crippen LogP) is 2.88. The summed E-state index contributed by atoms with van der Waals surface area (Å²) in [5.74, 6) is 0.540. The van der Waals surface area contributed by atoms with Crippen LogP contribution in [0.25, 0.3) is 0 Å². The van der Waals surface area contributed by atoms with E-state index in [0.29, 0.717) is 22.3 Å². The Morgan fingerprint density at radius 3 is 2.78 bits per heavy atom. The van der Waals surface area contributed by atoms with Crippen molar-refractivity contribution in [1.29, 1.82) is 0 Å². The van der Waals surface area contributed by atoms with E-state index in [1.807, 2.05) is 0 Å². The fourth-order valence-electron chi connectivity index (χ4n) is 1.57. The van der Waals surface area contributed by atoms with Crippen LogP contribution in [0.5, 0.6) is 5.75 Å². The topological polar surface area (TPSA) is 41.5 Å². The highest BCUT2D eigenvalue weighted by Gasteiger charge is 2.36. The third-order valence-corrected chi connectivity index (χ3v) is 3.62. The molecule has 0 aliphatic heterocycles. The molecular weight excluding hydrogens is 273 g/mol. The van der Waals surface area contributed by atoms with Crippen LogP contribution in [0.2, 0.25) is 10.0 Å². The molecule has 1 aliphatic rings. The highest BCUT2D eigenvalue weighted by molar-refractivity contribution is 6.35. The first-order chi connectivity index (χ1) is 8.48. The second-order valence-electron chi connectivity index (χ2n) is 4.98. The predicted molar refractivity (Wildman–Crippen MR) is 73.6 cm³/mol. The average Bonchev–Trinajstić information content (AvgIpc) is 3.04. The van der Waals surface area contributed by atoms with Crippen molar-refractivity contribution in [1.82, 2.24) is 5.32 Å². The smallest absolute Gasteiger partial charge is 0.138 e. The van der Waals surface area contributed by atoms with Crippen LogP contribution in [0.3, 0.4) is 0 Å². The van der Waals surface area contributed by atoms with Crippen molar-refractivity contribution in [3.8, 4) is 5.75 Å². The van der Waals surface area contributed by atoms with E-state index < -0.39 is 6.10 Å². The molecule has 2 N–H and O–H groups in total. The summed E-state index contributed by atoms with van der Waals surface area (Å²) in [6.45, 7) is 2.89. The van der Waals surface area contributed by atoms with Gasteiger partial charge in [-0.15, -0.1) is 0 Å². The van der Waals surface area contributed by atoms with Crippen molar-refractivity contribution in [2.24, 2.45) is 0 Å². The number of halogens is 2. The van der Waals surface area contributed by atoms with E-state index >= 15 is 0 Å². The number of aliphatic hydroxyl groups is 1. The van der Waals surface area contributed by atoms with E-state index in [-0.39, 0.29) is 12.1 Å². The number of benzene rings is 1. The minimum absolute atomic E-state index is 0.213. The minimum atomic E-state index is -0.547. The molecule has 0 radical (unpaired) electrons. The molecule has 18 heavy (non-hydrogen) atoms. The van der Waals surface area contributed by atoms with Crippen LogP contribution in [0, 0.1) is 0 Å². The summed E-state index contributed by atoms with van der Waals surface area (Å²) in [4.78, 5) is 0. The van der Waals surface area contributed by atoms with Gasteiger partial charge in [0.25, 0.3) is 0 Å². The van der Waals surface area contributed by atoms with Crippen LogP contribution in [-0.2, 0) is 0 Å². The zero-order chi connectivity index (χ0) is 13.2. The van der Waals surface area contributed by atoms with Crippen molar-refractivity contribution in [3.05, 3.63) is 28.2 Å². The molecule has 1 unspecified atom stereocenters. The van der Waals surface area contributed by atoms with E-state index in [0.717, 1.165) is 0 Å². The molecular formula is C13H17Cl2NO2. The largest absolute Gasteiger partial charge is 0.489 e. The molecule has 1 saturated carbocycles. The first-order valence-electron chi connectivity index (χ1n) is 5.99. The van der Waals surface area contributed by atoms with Gasteiger partial charge in [0, 0.05) is 17.1 Å². The van der Waals surface area contributed by atoms with E-state index in [1.54, 1.807) is 18.2 Å². The summed E-state index contributed by atoms with van der Waals surface area (Å²) < 4.78 is 5.46. The maximum Gasteiger partial charge on any atom is 0.138 e. The van der Waals surface area contributed by atoms with Gasteiger partial charge in [0.05, 0.1) is 5.02 Å². The van der Waals surface area contributed by atoms with Crippen molar-refractivity contribution < 1.29 is 9.84 Å². The molecule has 1 aromatic rings. The lowest BCUT2D eigenvalue weighted by Crippen LogP contribution is -2.37. The highest BCUT2D eigenvalue weighted by atomic mass is 35.5. The maximum atomic E-state index is 9.79. The summed E-state index contributed by atoms with van der Waals surface area (Å²) in [5, 5.41) is 14.1. The van der Waals surface area contributed by atoms with Crippen LogP contribution in [0.4, 0.5) is 0 Å². The minimum Gasteiger partial charge on any atom is -0.489 e. The summed E-state index contributed by atoms with van der Waals surface area (Å²) in [6, 6.07) is 5.03. The average molecular weight is 290 g/mol. The van der Waals surface area contributed by atoms with Gasteiger partial charge in [-0.1, -0.05) is 23.2 Å². The van der Waals surface area contributed by atoms with Crippen molar-refractivity contribution in [3.63, 3.8) is 0 Å². The van der Waals surface area contributed by atoms with Crippen LogP contribution in [-0.4, -0.2) is 29.9 Å². The molecule has 0 heterocycles. The molecule has 3 nitrogen and oxygen atoms in total. The lowest BCUT2D eigenvalue weighted by atomic mass is 10.3. The molecule has 1 atom stereocenters. The monoisotopic (exact) mass is 289 g/mol. The normalized spacial score (nSPS) is 18.4. The molecule has 1 aliphatic carbocycles. The summed E-state index contributed by atoms with van der Waals surface area (Å²) in [6.07, 6.45) is 1.79. The van der Waals surface area contributed by atoms with E-state index in [2.05, 4.69) is 12.2 Å². The molecule has 100 valence electrons. The fraction of sp³-hybridized carbons (Fsp3) is 0.538. The van der Waals surface area contributed by atoms with Gasteiger partial charge in [0.1, 0.15) is 18.5 Å². The molecule has 0 aromatic heterocycles. The van der Waals surface area contributed by atoms with Gasteiger partial charge in [-0.25, -0.2) is 0 Å². The fourth-order valence-corrected chi connectivity index (χ4v) is 2.03. The van der Waals surface area contributed by atoms with Crippen LogP contribution in [0.1, 0.15) is 19.8 Å². The standard InChI is InChI=1S/C13H17Cl2NO2/c1-13(4-5-13)16-7-10(17)8-18-12-3-2-9(14)6-11(12)15/h2-3,6,10,16-17H,4-5,7-8H2,1H3. The summed E-state index contributed by atoms with van der Waals surface area (Å²) in [7, 11) is 0. The Balaban J connectivity index is 1.76. The Labute approximate surface area is 117 Å². The molecule has 0 spiro atoms. The molecule has 0 amide bonds. The molecule has 0 bridgehead atoms. The van der Waals surface area contributed by atoms with E-state index in [9.17, 15) is 5.11 Å². The van der Waals surface area contributed by atoms with Crippen LogP contribution < -0.4 is 10.1 Å². The van der Waals surface area contributed by atoms with Gasteiger partial charge < -0.3 is 15.2 Å². The third kappa shape index (κ3) is 4.02. The SMILES string of the molecule is CC1(NCC(O)COc2ccc(Cl)cc2Cl)CC1. The number of rotatable bonds is 6. The number of hydrogen-bond acceptors (Lipinski definition) is 3. The number of β-amino-alcohol motifs (C(OH)–C–C–N with tert-alkyl or cyclic N) is 1. The summed E-state index contributed by atoms with van der Waals surface area (Å²) in [5.41, 5.74) is 0.221. The third-order valence-electron chi connectivity index (χ3n) is 3.09. The highest BCUT2D eigenvalue weighted by Crippen LogP contribution is 2.34. The van der Waals surface area contributed by atoms with Gasteiger partial charge in [-0.05, 0) is 38.0 Å². The Morgan fingerprint density at radius 1 is 1.44 bits per heavy atom. The molecule has 0 saturated heterocycles. The lowest BCUT2D eigenvalue weighted by Gasteiger charge is -2.17. The van der Waals surface area contributed by atoms with Crippen LogP contribution >= 0.6 is 23.2 Å². The second-order valence-corrected chi connectivity index (χ2v) is 5.82. The molecule has 2 rings (SSSR count). The number of nitrogens with one attached hydrogen (secondary N) is 1. The molecule has 1 fully saturated rings. The van der Waals surface area contributed by atoms with Gasteiger partial charge in [-0.3, -0.25) is 0 Å². The van der Waals surface area contributed by atoms with Gasteiger partial charge in [0.2, 0.25) is 0 Å². The second kappa shape index (κ2) is 5.66. The van der Waals surface area contributed by atoms with Gasteiger partial charge in [0.15, 0.2) is 0 Å². The Hall–Kier alpha value is -0.480. The lowest BCUT2D eigenvalue weighted by molar-refractivity contribution is 0.103. The number of ether oxygens (including phenoxy) is 1. The van der Waals surface area contributed by atoms with Crippen molar-refractivity contribution in [2.75, 3.05) is 13.2 Å². The van der Waals surface area contributed by atoms with Crippen molar-refractivity contribution in [2.45, 2.75) is 31.4 Å². The Kier molecular flexibility index (Phi) is 4.38. The van der Waals surface area contributed by atoms with Gasteiger partial charge in [-0.2, -0.15) is 0 Å².